The molecular weight excluding hydrogens is 305 g/mol. The first kappa shape index (κ1) is 12.0. The molecule has 1 N–H and O–H groups in total. The van der Waals surface area contributed by atoms with E-state index in [1.165, 1.54) is 6.20 Å². The van der Waals surface area contributed by atoms with Crippen molar-refractivity contribution in [1.82, 2.24) is 10.2 Å². The van der Waals surface area contributed by atoms with Crippen molar-refractivity contribution >= 4 is 39.3 Å². The van der Waals surface area contributed by atoms with E-state index in [-0.39, 0.29) is 5.91 Å². The molecule has 0 bridgehead atoms. The summed E-state index contributed by atoms with van der Waals surface area (Å²) < 4.78 is 0.672. The first-order valence-corrected chi connectivity index (χ1v) is 5.88. The minimum atomic E-state index is -0.322. The fourth-order valence-corrected chi connectivity index (χ4v) is 1.81. The maximum absolute atomic E-state index is 11.9. The van der Waals surface area contributed by atoms with E-state index in [4.69, 9.17) is 11.6 Å². The van der Waals surface area contributed by atoms with Crippen molar-refractivity contribution < 1.29 is 4.79 Å². The van der Waals surface area contributed by atoms with Gasteiger partial charge in [0.15, 0.2) is 5.82 Å². The number of anilines is 1. The van der Waals surface area contributed by atoms with E-state index in [1.807, 2.05) is 0 Å². The van der Waals surface area contributed by atoms with Crippen LogP contribution in [0, 0.1) is 0 Å². The molecule has 0 aliphatic heterocycles. The van der Waals surface area contributed by atoms with E-state index in [0.717, 1.165) is 0 Å². The van der Waals surface area contributed by atoms with Gasteiger partial charge in [-0.1, -0.05) is 17.7 Å². The second-order valence-corrected chi connectivity index (χ2v) is 4.40. The molecule has 0 saturated carbocycles. The molecule has 1 aromatic carbocycles. The molecule has 2 rings (SSSR count). The number of carbonyl (C=O) groups is 1. The van der Waals surface area contributed by atoms with Crippen LogP contribution in [0.3, 0.4) is 0 Å². The van der Waals surface area contributed by atoms with Crippen LogP contribution in [-0.4, -0.2) is 16.1 Å². The van der Waals surface area contributed by atoms with Crippen LogP contribution in [0.15, 0.2) is 41.0 Å². The molecular formula is C11H7BrClN3O. The van der Waals surface area contributed by atoms with Gasteiger partial charge in [0.05, 0.1) is 10.6 Å². The minimum Gasteiger partial charge on any atom is -0.305 e. The summed E-state index contributed by atoms with van der Waals surface area (Å²) in [6.45, 7) is 0. The Labute approximate surface area is 111 Å². The topological polar surface area (TPSA) is 54.9 Å². The summed E-state index contributed by atoms with van der Waals surface area (Å²) in [5.74, 6) is 0.0605. The van der Waals surface area contributed by atoms with E-state index in [9.17, 15) is 4.79 Å². The SMILES string of the molecule is O=C(Nc1cccnn1)c1cccc(Br)c1Cl. The molecule has 0 unspecified atom stereocenters. The monoisotopic (exact) mass is 311 g/mol. The smallest absolute Gasteiger partial charge is 0.258 e. The van der Waals surface area contributed by atoms with Crippen LogP contribution < -0.4 is 5.32 Å². The lowest BCUT2D eigenvalue weighted by Gasteiger charge is -2.06. The standard InChI is InChI=1S/C11H7BrClN3O/c12-8-4-1-3-7(10(8)13)11(17)15-9-5-2-6-14-16-9/h1-6H,(H,15,16,17). The van der Waals surface area contributed by atoms with Gasteiger partial charge in [0, 0.05) is 10.7 Å². The van der Waals surface area contributed by atoms with E-state index in [0.29, 0.717) is 20.9 Å². The van der Waals surface area contributed by atoms with Crippen LogP contribution in [0.4, 0.5) is 5.82 Å². The Morgan fingerprint density at radius 3 is 2.82 bits per heavy atom. The lowest BCUT2D eigenvalue weighted by Crippen LogP contribution is -2.13. The zero-order chi connectivity index (χ0) is 12.3. The fourth-order valence-electron chi connectivity index (χ4n) is 1.23. The maximum Gasteiger partial charge on any atom is 0.258 e. The van der Waals surface area contributed by atoms with Gasteiger partial charge in [-0.05, 0) is 40.2 Å². The molecule has 6 heteroatoms. The van der Waals surface area contributed by atoms with Gasteiger partial charge in [-0.25, -0.2) is 0 Å². The van der Waals surface area contributed by atoms with Crippen LogP contribution in [0.25, 0.3) is 0 Å². The number of nitrogens with zero attached hydrogens (tertiary/aromatic N) is 2. The highest BCUT2D eigenvalue weighted by Gasteiger charge is 2.12. The second kappa shape index (κ2) is 5.25. The summed E-state index contributed by atoms with van der Waals surface area (Å²) in [6.07, 6.45) is 1.53. The van der Waals surface area contributed by atoms with Crippen molar-refractivity contribution in [1.29, 1.82) is 0 Å². The summed E-state index contributed by atoms with van der Waals surface area (Å²) in [5.41, 5.74) is 0.381. The average molecular weight is 313 g/mol. The Balaban J connectivity index is 2.24. The molecule has 0 radical (unpaired) electrons. The summed E-state index contributed by atoms with van der Waals surface area (Å²) in [6, 6.07) is 8.48. The Morgan fingerprint density at radius 1 is 1.29 bits per heavy atom. The summed E-state index contributed by atoms with van der Waals surface area (Å²) in [4.78, 5) is 11.9. The number of benzene rings is 1. The Morgan fingerprint density at radius 2 is 2.12 bits per heavy atom. The Bertz CT molecular complexity index is 548. The molecule has 0 spiro atoms. The zero-order valence-corrected chi connectivity index (χ0v) is 10.9. The zero-order valence-electron chi connectivity index (χ0n) is 8.52. The molecule has 1 heterocycles. The van der Waals surface area contributed by atoms with E-state index in [1.54, 1.807) is 30.3 Å². The van der Waals surface area contributed by atoms with Crippen LogP contribution in [0.5, 0.6) is 0 Å². The van der Waals surface area contributed by atoms with E-state index >= 15 is 0 Å². The molecule has 4 nitrogen and oxygen atoms in total. The van der Waals surface area contributed by atoms with E-state index in [2.05, 4.69) is 31.4 Å². The van der Waals surface area contributed by atoms with Crippen LogP contribution >= 0.6 is 27.5 Å². The third-order valence-corrected chi connectivity index (χ3v) is 3.31. The van der Waals surface area contributed by atoms with Crippen molar-refractivity contribution in [2.75, 3.05) is 5.32 Å². The Hall–Kier alpha value is -1.46. The maximum atomic E-state index is 11.9. The predicted molar refractivity (Wildman–Crippen MR) is 69.1 cm³/mol. The Kier molecular flexibility index (Phi) is 3.71. The van der Waals surface area contributed by atoms with Crippen LogP contribution in [-0.2, 0) is 0 Å². The third-order valence-electron chi connectivity index (χ3n) is 2.01. The second-order valence-electron chi connectivity index (χ2n) is 3.16. The number of amides is 1. The molecule has 0 atom stereocenters. The highest BCUT2D eigenvalue weighted by molar-refractivity contribution is 9.10. The molecule has 17 heavy (non-hydrogen) atoms. The van der Waals surface area contributed by atoms with Crippen molar-refractivity contribution in [3.8, 4) is 0 Å². The van der Waals surface area contributed by atoms with Gasteiger partial charge in [-0.15, -0.1) is 5.10 Å². The normalized spacial score (nSPS) is 10.0. The first-order chi connectivity index (χ1) is 8.18. The number of halogens is 2. The highest BCUT2D eigenvalue weighted by atomic mass is 79.9. The molecule has 0 saturated heterocycles. The molecule has 0 aliphatic rings. The molecule has 1 aromatic heterocycles. The van der Waals surface area contributed by atoms with Crippen molar-refractivity contribution in [2.45, 2.75) is 0 Å². The first-order valence-electron chi connectivity index (χ1n) is 4.71. The lowest BCUT2D eigenvalue weighted by atomic mass is 10.2. The number of hydrogen-bond acceptors (Lipinski definition) is 3. The third kappa shape index (κ3) is 2.81. The molecule has 0 aliphatic carbocycles. The minimum absolute atomic E-state index is 0.322. The molecule has 2 aromatic rings. The van der Waals surface area contributed by atoms with Gasteiger partial charge in [0.1, 0.15) is 0 Å². The number of rotatable bonds is 2. The summed E-state index contributed by atoms with van der Waals surface area (Å²) >= 11 is 9.27. The predicted octanol–water partition coefficient (Wildman–Crippen LogP) is 3.14. The van der Waals surface area contributed by atoms with Crippen molar-refractivity contribution in [3.63, 3.8) is 0 Å². The number of carbonyl (C=O) groups excluding carboxylic acids is 1. The average Bonchev–Trinajstić information content (AvgIpc) is 2.34. The molecule has 1 amide bonds. The summed E-state index contributed by atoms with van der Waals surface area (Å²) in [7, 11) is 0. The number of aromatic nitrogens is 2. The van der Waals surface area contributed by atoms with Gasteiger partial charge < -0.3 is 5.32 Å². The van der Waals surface area contributed by atoms with Crippen molar-refractivity contribution in [2.24, 2.45) is 0 Å². The molecule has 0 fully saturated rings. The largest absolute Gasteiger partial charge is 0.305 e. The van der Waals surface area contributed by atoms with Crippen molar-refractivity contribution in [3.05, 3.63) is 51.6 Å². The molecule has 86 valence electrons. The van der Waals surface area contributed by atoms with Gasteiger partial charge >= 0.3 is 0 Å². The van der Waals surface area contributed by atoms with Crippen LogP contribution in [0.1, 0.15) is 10.4 Å². The van der Waals surface area contributed by atoms with Gasteiger partial charge in [-0.3, -0.25) is 4.79 Å². The van der Waals surface area contributed by atoms with Gasteiger partial charge in [-0.2, -0.15) is 5.10 Å². The highest BCUT2D eigenvalue weighted by Crippen LogP contribution is 2.26. The quantitative estimate of drug-likeness (QED) is 0.927. The van der Waals surface area contributed by atoms with E-state index < -0.39 is 0 Å². The van der Waals surface area contributed by atoms with Gasteiger partial charge in [0.2, 0.25) is 0 Å². The summed E-state index contributed by atoms with van der Waals surface area (Å²) in [5, 5.41) is 10.4. The number of hydrogen-bond donors (Lipinski definition) is 1. The lowest BCUT2D eigenvalue weighted by molar-refractivity contribution is 0.102. The number of nitrogens with one attached hydrogen (secondary N) is 1. The van der Waals surface area contributed by atoms with Crippen LogP contribution in [0.2, 0.25) is 5.02 Å². The fraction of sp³-hybridized carbons (Fsp3) is 0. The van der Waals surface area contributed by atoms with Gasteiger partial charge in [0.25, 0.3) is 5.91 Å².